The molecule has 0 unspecified atom stereocenters. The molecule has 1 heterocycles. The van der Waals surface area contributed by atoms with Gasteiger partial charge in [-0.1, -0.05) is 0 Å². The van der Waals surface area contributed by atoms with Crippen molar-refractivity contribution in [2.75, 3.05) is 26.4 Å². The third kappa shape index (κ3) is 3.98. The van der Waals surface area contributed by atoms with E-state index in [4.69, 9.17) is 0 Å². The minimum Gasteiger partial charge on any atom is -0.309 e. The Morgan fingerprint density at radius 3 is 2.71 bits per heavy atom. The molecule has 2 nitrogen and oxygen atoms in total. The van der Waals surface area contributed by atoms with Crippen molar-refractivity contribution in [3.63, 3.8) is 0 Å². The summed E-state index contributed by atoms with van der Waals surface area (Å²) in [5, 5.41) is 1.10. The SMILES string of the molecule is Cc1nc(SCCN(C)C)ccc1Br. The summed E-state index contributed by atoms with van der Waals surface area (Å²) in [5.74, 6) is 1.08. The van der Waals surface area contributed by atoms with Crippen molar-refractivity contribution in [1.82, 2.24) is 9.88 Å². The third-order valence-corrected chi connectivity index (χ3v) is 3.53. The van der Waals surface area contributed by atoms with Crippen LogP contribution >= 0.6 is 27.7 Å². The Bertz CT molecular complexity index is 302. The Morgan fingerprint density at radius 2 is 2.14 bits per heavy atom. The Morgan fingerprint density at radius 1 is 1.43 bits per heavy atom. The van der Waals surface area contributed by atoms with E-state index in [0.29, 0.717) is 0 Å². The zero-order valence-corrected chi connectivity index (χ0v) is 11.2. The van der Waals surface area contributed by atoms with Crippen LogP contribution in [0.1, 0.15) is 5.69 Å². The summed E-state index contributed by atoms with van der Waals surface area (Å²) in [4.78, 5) is 6.65. The normalized spacial score (nSPS) is 10.9. The van der Waals surface area contributed by atoms with E-state index >= 15 is 0 Å². The summed E-state index contributed by atoms with van der Waals surface area (Å²) < 4.78 is 1.08. The molecule has 0 fully saturated rings. The lowest BCUT2D eigenvalue weighted by Gasteiger charge is -2.08. The van der Waals surface area contributed by atoms with E-state index in [1.54, 1.807) is 11.8 Å². The van der Waals surface area contributed by atoms with Gasteiger partial charge in [0.15, 0.2) is 0 Å². The molecule has 0 saturated heterocycles. The molecule has 0 radical (unpaired) electrons. The minimum absolute atomic E-state index is 1.06. The molecule has 0 atom stereocenters. The molecule has 0 bridgehead atoms. The maximum absolute atomic E-state index is 4.47. The second kappa shape index (κ2) is 5.73. The average molecular weight is 275 g/mol. The zero-order valence-electron chi connectivity index (χ0n) is 8.75. The molecule has 0 spiro atoms. The predicted octanol–water partition coefficient (Wildman–Crippen LogP) is 2.81. The van der Waals surface area contributed by atoms with Crippen LogP contribution in [-0.4, -0.2) is 36.3 Å². The first-order valence-corrected chi connectivity index (χ1v) is 6.28. The molecule has 1 rings (SSSR count). The van der Waals surface area contributed by atoms with E-state index in [2.05, 4.69) is 52.0 Å². The standard InChI is InChI=1S/C10H15BrN2S/c1-8-9(11)4-5-10(12-8)14-7-6-13(2)3/h4-5H,6-7H2,1-3H3. The van der Waals surface area contributed by atoms with Gasteiger partial charge in [-0.25, -0.2) is 4.98 Å². The molecule has 0 N–H and O–H groups in total. The first-order valence-electron chi connectivity index (χ1n) is 4.50. The number of halogens is 1. The van der Waals surface area contributed by atoms with Crippen LogP contribution in [0.4, 0.5) is 0 Å². The molecular formula is C10H15BrN2S. The Balaban J connectivity index is 2.47. The number of nitrogens with zero attached hydrogens (tertiary/aromatic N) is 2. The molecular weight excluding hydrogens is 260 g/mol. The monoisotopic (exact) mass is 274 g/mol. The smallest absolute Gasteiger partial charge is 0.0964 e. The molecule has 0 amide bonds. The van der Waals surface area contributed by atoms with Crippen molar-refractivity contribution in [3.05, 3.63) is 22.3 Å². The highest BCUT2D eigenvalue weighted by Crippen LogP contribution is 2.20. The van der Waals surface area contributed by atoms with Crippen LogP contribution in [0.15, 0.2) is 21.6 Å². The number of rotatable bonds is 4. The minimum atomic E-state index is 1.06. The molecule has 0 saturated carbocycles. The van der Waals surface area contributed by atoms with E-state index in [0.717, 1.165) is 27.5 Å². The van der Waals surface area contributed by atoms with Gasteiger partial charge in [-0.2, -0.15) is 0 Å². The lowest BCUT2D eigenvalue weighted by molar-refractivity contribution is 0.437. The summed E-state index contributed by atoms with van der Waals surface area (Å²) in [5.41, 5.74) is 1.06. The molecule has 78 valence electrons. The maximum Gasteiger partial charge on any atom is 0.0964 e. The van der Waals surface area contributed by atoms with Crippen LogP contribution in [0.25, 0.3) is 0 Å². The second-order valence-corrected chi connectivity index (χ2v) is 5.34. The Labute approximate surface area is 98.2 Å². The van der Waals surface area contributed by atoms with Crippen LogP contribution < -0.4 is 0 Å². The highest BCUT2D eigenvalue weighted by Gasteiger charge is 1.99. The van der Waals surface area contributed by atoms with Gasteiger partial charge in [0.2, 0.25) is 0 Å². The second-order valence-electron chi connectivity index (χ2n) is 3.37. The van der Waals surface area contributed by atoms with Gasteiger partial charge in [0.05, 0.1) is 10.7 Å². The van der Waals surface area contributed by atoms with Crippen LogP contribution in [0.2, 0.25) is 0 Å². The molecule has 4 heteroatoms. The van der Waals surface area contributed by atoms with Gasteiger partial charge in [0, 0.05) is 16.8 Å². The van der Waals surface area contributed by atoms with Crippen LogP contribution in [0.5, 0.6) is 0 Å². The summed E-state index contributed by atoms with van der Waals surface area (Å²) in [7, 11) is 4.17. The summed E-state index contributed by atoms with van der Waals surface area (Å²) in [6.45, 7) is 3.10. The Kier molecular flexibility index (Phi) is 4.92. The maximum atomic E-state index is 4.47. The number of aromatic nitrogens is 1. The lowest BCUT2D eigenvalue weighted by atomic mass is 10.4. The quantitative estimate of drug-likeness (QED) is 0.786. The molecule has 1 aromatic heterocycles. The number of pyridine rings is 1. The van der Waals surface area contributed by atoms with Crippen LogP contribution in [0, 0.1) is 6.92 Å². The number of thioether (sulfide) groups is 1. The van der Waals surface area contributed by atoms with Crippen LogP contribution in [-0.2, 0) is 0 Å². The highest BCUT2D eigenvalue weighted by molar-refractivity contribution is 9.10. The lowest BCUT2D eigenvalue weighted by Crippen LogP contribution is -2.14. The third-order valence-electron chi connectivity index (χ3n) is 1.78. The van der Waals surface area contributed by atoms with E-state index < -0.39 is 0 Å². The summed E-state index contributed by atoms with van der Waals surface area (Å²) in [6, 6.07) is 4.11. The van der Waals surface area contributed by atoms with Gasteiger partial charge in [0.1, 0.15) is 0 Å². The summed E-state index contributed by atoms with van der Waals surface area (Å²) >= 11 is 5.24. The van der Waals surface area contributed by atoms with Gasteiger partial charge in [-0.3, -0.25) is 0 Å². The predicted molar refractivity (Wildman–Crippen MR) is 66.0 cm³/mol. The van der Waals surface area contributed by atoms with Crippen molar-refractivity contribution in [2.24, 2.45) is 0 Å². The highest BCUT2D eigenvalue weighted by atomic mass is 79.9. The van der Waals surface area contributed by atoms with Crippen molar-refractivity contribution < 1.29 is 0 Å². The number of aryl methyl sites for hydroxylation is 1. The largest absolute Gasteiger partial charge is 0.309 e. The van der Waals surface area contributed by atoms with Gasteiger partial charge >= 0.3 is 0 Å². The molecule has 0 aliphatic carbocycles. The zero-order chi connectivity index (χ0) is 10.6. The number of hydrogen-bond acceptors (Lipinski definition) is 3. The Hall–Kier alpha value is -0.0600. The average Bonchev–Trinajstić information content (AvgIpc) is 2.10. The van der Waals surface area contributed by atoms with Crippen molar-refractivity contribution in [3.8, 4) is 0 Å². The van der Waals surface area contributed by atoms with E-state index in [1.807, 2.05) is 6.92 Å². The van der Waals surface area contributed by atoms with Gasteiger partial charge in [-0.05, 0) is 49.1 Å². The topological polar surface area (TPSA) is 16.1 Å². The molecule has 14 heavy (non-hydrogen) atoms. The first kappa shape index (κ1) is 12.0. The van der Waals surface area contributed by atoms with Gasteiger partial charge in [0.25, 0.3) is 0 Å². The number of hydrogen-bond donors (Lipinski definition) is 0. The van der Waals surface area contributed by atoms with Crippen LogP contribution in [0.3, 0.4) is 0 Å². The summed E-state index contributed by atoms with van der Waals surface area (Å²) in [6.07, 6.45) is 0. The molecule has 0 aromatic carbocycles. The molecule has 0 aliphatic rings. The fraction of sp³-hybridized carbons (Fsp3) is 0.500. The fourth-order valence-electron chi connectivity index (χ4n) is 0.934. The van der Waals surface area contributed by atoms with Crippen molar-refractivity contribution in [1.29, 1.82) is 0 Å². The fourth-order valence-corrected chi connectivity index (χ4v) is 2.19. The molecule has 1 aromatic rings. The van der Waals surface area contributed by atoms with Crippen molar-refractivity contribution in [2.45, 2.75) is 11.9 Å². The first-order chi connectivity index (χ1) is 6.59. The van der Waals surface area contributed by atoms with Gasteiger partial charge < -0.3 is 4.90 Å². The molecule has 0 aliphatic heterocycles. The van der Waals surface area contributed by atoms with E-state index in [9.17, 15) is 0 Å². The van der Waals surface area contributed by atoms with E-state index in [1.165, 1.54) is 0 Å². The van der Waals surface area contributed by atoms with E-state index in [-0.39, 0.29) is 0 Å². The van der Waals surface area contributed by atoms with Gasteiger partial charge in [-0.15, -0.1) is 11.8 Å². The van der Waals surface area contributed by atoms with Crippen molar-refractivity contribution >= 4 is 27.7 Å².